The summed E-state index contributed by atoms with van der Waals surface area (Å²) in [5.74, 6) is 0.167. The molecule has 2 heterocycles. The number of amides is 2. The fourth-order valence-corrected chi connectivity index (χ4v) is 4.11. The van der Waals surface area contributed by atoms with Crippen LogP contribution in [0.15, 0.2) is 48.5 Å². The van der Waals surface area contributed by atoms with Gasteiger partial charge in [0.25, 0.3) is 5.91 Å². The van der Waals surface area contributed by atoms with E-state index in [0.717, 1.165) is 43.7 Å². The van der Waals surface area contributed by atoms with Crippen LogP contribution in [0.25, 0.3) is 0 Å². The van der Waals surface area contributed by atoms with Gasteiger partial charge in [-0.1, -0.05) is 37.3 Å². The molecule has 0 aliphatic carbocycles. The Kier molecular flexibility index (Phi) is 5.44. The number of anilines is 1. The van der Waals surface area contributed by atoms with Crippen LogP contribution in [0.5, 0.6) is 0 Å². The van der Waals surface area contributed by atoms with E-state index in [9.17, 15) is 9.59 Å². The topological polar surface area (TPSA) is 52.7 Å². The van der Waals surface area contributed by atoms with Crippen molar-refractivity contribution in [2.24, 2.45) is 0 Å². The third kappa shape index (κ3) is 3.67. The predicted molar refractivity (Wildman–Crippen MR) is 110 cm³/mol. The minimum Gasteiger partial charge on any atom is -0.329 e. The first-order chi connectivity index (χ1) is 13.7. The predicted octanol–water partition coefficient (Wildman–Crippen LogP) is 3.16. The number of carbonyl (C=O) groups is 2. The van der Waals surface area contributed by atoms with Crippen LogP contribution in [-0.2, 0) is 11.2 Å². The summed E-state index contributed by atoms with van der Waals surface area (Å²) >= 11 is 0. The largest absolute Gasteiger partial charge is 0.329 e. The zero-order valence-electron chi connectivity index (χ0n) is 16.4. The van der Waals surface area contributed by atoms with Crippen LogP contribution < -0.4 is 10.2 Å². The maximum atomic E-state index is 13.3. The molecule has 2 aliphatic heterocycles. The highest BCUT2D eigenvalue weighted by atomic mass is 16.2. The SMILES string of the molecule is CCc1ccc(C2CNCCN2C(=O)c2cccc(N3CCCC3=O)c2)cc1. The molecule has 2 amide bonds. The first kappa shape index (κ1) is 18.7. The van der Waals surface area contributed by atoms with E-state index in [1.165, 1.54) is 5.56 Å². The number of carbonyl (C=O) groups excluding carboxylic acids is 2. The monoisotopic (exact) mass is 377 g/mol. The van der Waals surface area contributed by atoms with E-state index in [2.05, 4.69) is 36.5 Å². The number of rotatable bonds is 4. The lowest BCUT2D eigenvalue weighted by Gasteiger charge is -2.37. The molecule has 1 unspecified atom stereocenters. The van der Waals surface area contributed by atoms with Crippen molar-refractivity contribution < 1.29 is 9.59 Å². The standard InChI is InChI=1S/C23H27N3O2/c1-2-17-8-10-18(11-9-17)21-16-24-12-14-26(21)23(28)19-5-3-6-20(15-19)25-13-4-7-22(25)27/h3,5-6,8-11,15,21,24H,2,4,7,12-14,16H2,1H3. The third-order valence-corrected chi connectivity index (χ3v) is 5.76. The molecular weight excluding hydrogens is 350 g/mol. The zero-order valence-corrected chi connectivity index (χ0v) is 16.4. The molecule has 2 saturated heterocycles. The van der Waals surface area contributed by atoms with Crippen molar-refractivity contribution in [2.45, 2.75) is 32.2 Å². The van der Waals surface area contributed by atoms with E-state index < -0.39 is 0 Å². The first-order valence-corrected chi connectivity index (χ1v) is 10.2. The fourth-order valence-electron chi connectivity index (χ4n) is 4.11. The molecule has 2 aromatic rings. The quantitative estimate of drug-likeness (QED) is 0.890. The van der Waals surface area contributed by atoms with Crippen molar-refractivity contribution in [1.82, 2.24) is 10.2 Å². The van der Waals surface area contributed by atoms with Gasteiger partial charge >= 0.3 is 0 Å². The van der Waals surface area contributed by atoms with Crippen molar-refractivity contribution in [3.05, 3.63) is 65.2 Å². The number of benzene rings is 2. The summed E-state index contributed by atoms with van der Waals surface area (Å²) in [6.07, 6.45) is 2.48. The van der Waals surface area contributed by atoms with Crippen molar-refractivity contribution in [1.29, 1.82) is 0 Å². The van der Waals surface area contributed by atoms with Crippen molar-refractivity contribution >= 4 is 17.5 Å². The van der Waals surface area contributed by atoms with Crippen LogP contribution >= 0.6 is 0 Å². The van der Waals surface area contributed by atoms with E-state index in [0.29, 0.717) is 18.5 Å². The van der Waals surface area contributed by atoms with Gasteiger partial charge in [0.2, 0.25) is 5.91 Å². The van der Waals surface area contributed by atoms with Gasteiger partial charge in [-0.05, 0) is 42.2 Å². The van der Waals surface area contributed by atoms with Crippen LogP contribution in [0, 0.1) is 0 Å². The third-order valence-electron chi connectivity index (χ3n) is 5.76. The summed E-state index contributed by atoms with van der Waals surface area (Å²) in [5, 5.41) is 3.41. The lowest BCUT2D eigenvalue weighted by atomic mass is 10.00. The molecule has 0 saturated carbocycles. The van der Waals surface area contributed by atoms with E-state index in [-0.39, 0.29) is 17.9 Å². The summed E-state index contributed by atoms with van der Waals surface area (Å²) in [4.78, 5) is 29.2. The fraction of sp³-hybridized carbons (Fsp3) is 0.391. The maximum absolute atomic E-state index is 13.3. The Balaban J connectivity index is 1.59. The summed E-state index contributed by atoms with van der Waals surface area (Å²) in [6.45, 7) is 5.09. The smallest absolute Gasteiger partial charge is 0.254 e. The van der Waals surface area contributed by atoms with Crippen LogP contribution in [-0.4, -0.2) is 42.9 Å². The minimum absolute atomic E-state index is 0.0178. The second kappa shape index (κ2) is 8.15. The highest BCUT2D eigenvalue weighted by Gasteiger charge is 2.29. The van der Waals surface area contributed by atoms with E-state index in [1.54, 1.807) is 4.90 Å². The van der Waals surface area contributed by atoms with Gasteiger partial charge in [-0.3, -0.25) is 9.59 Å². The highest BCUT2D eigenvalue weighted by molar-refractivity contribution is 5.99. The van der Waals surface area contributed by atoms with E-state index in [4.69, 9.17) is 0 Å². The number of aryl methyl sites for hydroxylation is 1. The van der Waals surface area contributed by atoms with Gasteiger partial charge in [0, 0.05) is 43.9 Å². The van der Waals surface area contributed by atoms with Crippen molar-refractivity contribution in [3.8, 4) is 0 Å². The average molecular weight is 377 g/mol. The van der Waals surface area contributed by atoms with Gasteiger partial charge in [-0.25, -0.2) is 0 Å². The Labute approximate surface area is 166 Å². The van der Waals surface area contributed by atoms with E-state index in [1.807, 2.05) is 29.2 Å². The van der Waals surface area contributed by atoms with Gasteiger partial charge in [0.15, 0.2) is 0 Å². The van der Waals surface area contributed by atoms with E-state index >= 15 is 0 Å². The molecule has 4 rings (SSSR count). The summed E-state index contributed by atoms with van der Waals surface area (Å²) in [6, 6.07) is 16.1. The molecule has 2 fully saturated rings. The Morgan fingerprint density at radius 2 is 1.96 bits per heavy atom. The van der Waals surface area contributed by atoms with Gasteiger partial charge in [-0.15, -0.1) is 0 Å². The normalized spacial score (nSPS) is 19.9. The summed E-state index contributed by atoms with van der Waals surface area (Å²) in [5.41, 5.74) is 3.93. The Morgan fingerprint density at radius 3 is 2.68 bits per heavy atom. The Hall–Kier alpha value is -2.66. The molecule has 0 bridgehead atoms. The molecule has 2 aromatic carbocycles. The van der Waals surface area contributed by atoms with Crippen LogP contribution in [0.4, 0.5) is 5.69 Å². The lowest BCUT2D eigenvalue weighted by molar-refractivity contribution is -0.117. The molecule has 1 atom stereocenters. The second-order valence-electron chi connectivity index (χ2n) is 7.51. The highest BCUT2D eigenvalue weighted by Crippen LogP contribution is 2.27. The number of nitrogens with one attached hydrogen (secondary N) is 1. The molecular formula is C23H27N3O2. The number of hydrogen-bond donors (Lipinski definition) is 1. The van der Waals surface area contributed by atoms with Crippen LogP contribution in [0.2, 0.25) is 0 Å². The zero-order chi connectivity index (χ0) is 19.5. The summed E-state index contributed by atoms with van der Waals surface area (Å²) < 4.78 is 0. The second-order valence-corrected chi connectivity index (χ2v) is 7.51. The molecule has 5 nitrogen and oxygen atoms in total. The molecule has 1 N–H and O–H groups in total. The molecule has 5 heteroatoms. The molecule has 28 heavy (non-hydrogen) atoms. The average Bonchev–Trinajstić information content (AvgIpc) is 3.19. The number of nitrogens with zero attached hydrogens (tertiary/aromatic N) is 2. The summed E-state index contributed by atoms with van der Waals surface area (Å²) in [7, 11) is 0. The molecule has 146 valence electrons. The maximum Gasteiger partial charge on any atom is 0.254 e. The van der Waals surface area contributed by atoms with Crippen LogP contribution in [0.1, 0.15) is 47.3 Å². The van der Waals surface area contributed by atoms with Crippen molar-refractivity contribution in [3.63, 3.8) is 0 Å². The van der Waals surface area contributed by atoms with Crippen LogP contribution in [0.3, 0.4) is 0 Å². The Morgan fingerprint density at radius 1 is 1.14 bits per heavy atom. The van der Waals surface area contributed by atoms with Gasteiger partial charge in [0.05, 0.1) is 6.04 Å². The van der Waals surface area contributed by atoms with Gasteiger partial charge in [-0.2, -0.15) is 0 Å². The van der Waals surface area contributed by atoms with Gasteiger partial charge < -0.3 is 15.1 Å². The van der Waals surface area contributed by atoms with Gasteiger partial charge in [0.1, 0.15) is 0 Å². The Bertz CT molecular complexity index is 862. The number of hydrogen-bond acceptors (Lipinski definition) is 3. The lowest BCUT2D eigenvalue weighted by Crippen LogP contribution is -2.48. The van der Waals surface area contributed by atoms with Crippen molar-refractivity contribution in [2.75, 3.05) is 31.1 Å². The molecule has 0 radical (unpaired) electrons. The molecule has 2 aliphatic rings. The molecule has 0 aromatic heterocycles. The molecule has 0 spiro atoms. The first-order valence-electron chi connectivity index (χ1n) is 10.2. The minimum atomic E-state index is 0.0178. The number of piperazine rings is 1.